The third-order valence-electron chi connectivity index (χ3n) is 5.08. The monoisotopic (exact) mass is 342 g/mol. The molecule has 0 atom stereocenters. The van der Waals surface area contributed by atoms with Gasteiger partial charge in [-0.15, -0.1) is 6.42 Å². The molecule has 0 unspecified atom stereocenters. The number of rotatable bonds is 3. The van der Waals surface area contributed by atoms with Gasteiger partial charge in [0.2, 0.25) is 5.95 Å². The number of anilines is 2. The lowest BCUT2D eigenvalue weighted by molar-refractivity contribution is 0.255. The molecule has 1 aromatic heterocycles. The molecule has 1 aliphatic rings. The zero-order valence-corrected chi connectivity index (χ0v) is 14.9. The van der Waals surface area contributed by atoms with E-state index < -0.39 is 0 Å². The number of terminal acetylenes is 1. The fourth-order valence-corrected chi connectivity index (χ4v) is 3.52. The Kier molecular flexibility index (Phi) is 4.55. The number of hydrogen-bond donors (Lipinski definition) is 1. The first-order chi connectivity index (χ1) is 12.7. The van der Waals surface area contributed by atoms with E-state index in [9.17, 15) is 0 Å². The molecule has 2 aromatic carbocycles. The highest BCUT2D eigenvalue weighted by Gasteiger charge is 2.18. The summed E-state index contributed by atoms with van der Waals surface area (Å²) in [6, 6.07) is 14.4. The molecule has 4 rings (SSSR count). The fraction of sp³-hybridized carbons (Fsp3) is 0.273. The van der Waals surface area contributed by atoms with Gasteiger partial charge in [-0.1, -0.05) is 18.1 Å². The predicted octanol–water partition coefficient (Wildman–Crippen LogP) is 4.16. The van der Waals surface area contributed by atoms with Crippen LogP contribution in [0, 0.1) is 12.3 Å². The molecule has 1 fully saturated rings. The van der Waals surface area contributed by atoms with Crippen molar-refractivity contribution in [2.75, 3.05) is 25.5 Å². The maximum atomic E-state index is 5.45. The van der Waals surface area contributed by atoms with Gasteiger partial charge in [-0.3, -0.25) is 0 Å². The Bertz CT molecular complexity index is 965. The summed E-state index contributed by atoms with van der Waals surface area (Å²) in [4.78, 5) is 11.4. The maximum Gasteiger partial charge on any atom is 0.227 e. The maximum absolute atomic E-state index is 5.45. The highest BCUT2D eigenvalue weighted by atomic mass is 15.1. The quantitative estimate of drug-likeness (QED) is 0.726. The minimum Gasteiger partial charge on any atom is -0.324 e. The Morgan fingerprint density at radius 3 is 2.81 bits per heavy atom. The second-order valence-electron chi connectivity index (χ2n) is 6.94. The zero-order chi connectivity index (χ0) is 17.9. The van der Waals surface area contributed by atoms with E-state index in [0.29, 0.717) is 11.9 Å². The number of fused-ring (bicyclic) bond motifs is 1. The summed E-state index contributed by atoms with van der Waals surface area (Å²) >= 11 is 0. The highest BCUT2D eigenvalue weighted by molar-refractivity contribution is 5.80. The first-order valence-corrected chi connectivity index (χ1v) is 9.00. The van der Waals surface area contributed by atoms with Crippen LogP contribution in [0.15, 0.2) is 48.7 Å². The van der Waals surface area contributed by atoms with Crippen molar-refractivity contribution >= 4 is 22.5 Å². The van der Waals surface area contributed by atoms with E-state index in [2.05, 4.69) is 57.4 Å². The summed E-state index contributed by atoms with van der Waals surface area (Å²) in [6.07, 6.45) is 9.69. The first-order valence-electron chi connectivity index (χ1n) is 9.00. The van der Waals surface area contributed by atoms with Crippen LogP contribution < -0.4 is 5.32 Å². The van der Waals surface area contributed by atoms with Gasteiger partial charge in [-0.05, 0) is 74.8 Å². The van der Waals surface area contributed by atoms with Crippen LogP contribution in [0.5, 0.6) is 0 Å². The van der Waals surface area contributed by atoms with Gasteiger partial charge in [0, 0.05) is 22.8 Å². The predicted molar refractivity (Wildman–Crippen MR) is 107 cm³/mol. The van der Waals surface area contributed by atoms with Gasteiger partial charge in [0.05, 0.1) is 5.52 Å². The van der Waals surface area contributed by atoms with Crippen molar-refractivity contribution in [3.8, 4) is 12.3 Å². The molecular weight excluding hydrogens is 320 g/mol. The lowest BCUT2D eigenvalue weighted by atomic mass is 9.89. The van der Waals surface area contributed by atoms with Gasteiger partial charge < -0.3 is 10.2 Å². The van der Waals surface area contributed by atoms with Crippen molar-refractivity contribution < 1.29 is 0 Å². The van der Waals surface area contributed by atoms with Gasteiger partial charge in [0.1, 0.15) is 0 Å². The van der Waals surface area contributed by atoms with Gasteiger partial charge in [-0.2, -0.15) is 0 Å². The third-order valence-corrected chi connectivity index (χ3v) is 5.08. The molecule has 0 bridgehead atoms. The van der Waals surface area contributed by atoms with E-state index >= 15 is 0 Å². The van der Waals surface area contributed by atoms with Crippen LogP contribution in [-0.2, 0) is 0 Å². The summed E-state index contributed by atoms with van der Waals surface area (Å²) in [6.45, 7) is 2.32. The van der Waals surface area contributed by atoms with Gasteiger partial charge in [0.15, 0.2) is 0 Å². The third kappa shape index (κ3) is 3.54. The molecule has 3 aromatic rings. The molecule has 1 saturated heterocycles. The standard InChI is InChI=1S/C22H22N4/c1-3-16-7-8-21-19(13-16)15-23-22(25-21)24-20-6-4-5-18(14-20)17-9-11-26(2)12-10-17/h1,4-8,13-15,17H,9-12H2,2H3,(H,23,24,25). The molecule has 1 N–H and O–H groups in total. The molecule has 4 nitrogen and oxygen atoms in total. The second kappa shape index (κ2) is 7.15. The smallest absolute Gasteiger partial charge is 0.227 e. The van der Waals surface area contributed by atoms with E-state index in [0.717, 1.165) is 35.2 Å². The fourth-order valence-electron chi connectivity index (χ4n) is 3.52. The summed E-state index contributed by atoms with van der Waals surface area (Å²) in [5.74, 6) is 3.87. The molecule has 4 heteroatoms. The average molecular weight is 342 g/mol. The number of likely N-dealkylation sites (tertiary alicyclic amines) is 1. The van der Waals surface area contributed by atoms with E-state index in [1.165, 1.54) is 18.4 Å². The second-order valence-corrected chi connectivity index (χ2v) is 6.94. The van der Waals surface area contributed by atoms with Crippen molar-refractivity contribution in [2.24, 2.45) is 0 Å². The van der Waals surface area contributed by atoms with Gasteiger partial charge >= 0.3 is 0 Å². The lowest BCUT2D eigenvalue weighted by Crippen LogP contribution is -2.29. The summed E-state index contributed by atoms with van der Waals surface area (Å²) in [5.41, 5.74) is 4.14. The zero-order valence-electron chi connectivity index (χ0n) is 14.9. The Labute approximate surface area is 154 Å². The molecule has 26 heavy (non-hydrogen) atoms. The molecule has 0 radical (unpaired) electrons. The summed E-state index contributed by atoms with van der Waals surface area (Å²) in [5, 5.41) is 4.29. The Morgan fingerprint density at radius 2 is 2.00 bits per heavy atom. The lowest BCUT2D eigenvalue weighted by Gasteiger charge is -2.29. The average Bonchev–Trinajstić information content (AvgIpc) is 2.68. The molecule has 130 valence electrons. The Hall–Kier alpha value is -2.90. The van der Waals surface area contributed by atoms with Crippen molar-refractivity contribution in [2.45, 2.75) is 18.8 Å². The van der Waals surface area contributed by atoms with Crippen LogP contribution in [0.3, 0.4) is 0 Å². The number of nitrogens with zero attached hydrogens (tertiary/aromatic N) is 3. The van der Waals surface area contributed by atoms with E-state index in [4.69, 9.17) is 6.42 Å². The topological polar surface area (TPSA) is 41.1 Å². The number of hydrogen-bond acceptors (Lipinski definition) is 4. The van der Waals surface area contributed by atoms with Gasteiger partial charge in [-0.25, -0.2) is 9.97 Å². The minimum absolute atomic E-state index is 0.603. The first kappa shape index (κ1) is 16.6. The van der Waals surface area contributed by atoms with Crippen LogP contribution in [0.4, 0.5) is 11.6 Å². The van der Waals surface area contributed by atoms with E-state index in [1.54, 1.807) is 0 Å². The van der Waals surface area contributed by atoms with E-state index in [-0.39, 0.29) is 0 Å². The summed E-state index contributed by atoms with van der Waals surface area (Å²) in [7, 11) is 2.19. The largest absolute Gasteiger partial charge is 0.324 e. The molecule has 0 spiro atoms. The molecular formula is C22H22N4. The van der Waals surface area contributed by atoms with Crippen molar-refractivity contribution in [1.29, 1.82) is 0 Å². The normalized spacial score (nSPS) is 15.7. The van der Waals surface area contributed by atoms with Crippen LogP contribution in [0.2, 0.25) is 0 Å². The van der Waals surface area contributed by atoms with Crippen molar-refractivity contribution in [3.05, 3.63) is 59.8 Å². The van der Waals surface area contributed by atoms with Crippen LogP contribution in [0.25, 0.3) is 10.9 Å². The number of nitrogens with one attached hydrogen (secondary N) is 1. The molecule has 1 aliphatic heterocycles. The Morgan fingerprint density at radius 1 is 1.15 bits per heavy atom. The SMILES string of the molecule is C#Cc1ccc2nc(Nc3cccc(C4CCN(C)CC4)c3)ncc2c1. The summed E-state index contributed by atoms with van der Waals surface area (Å²) < 4.78 is 0. The van der Waals surface area contributed by atoms with Crippen molar-refractivity contribution in [3.63, 3.8) is 0 Å². The minimum atomic E-state index is 0.603. The van der Waals surface area contributed by atoms with Crippen LogP contribution in [-0.4, -0.2) is 35.0 Å². The number of benzene rings is 2. The van der Waals surface area contributed by atoms with Crippen LogP contribution in [0.1, 0.15) is 29.9 Å². The van der Waals surface area contributed by atoms with Crippen LogP contribution >= 0.6 is 0 Å². The van der Waals surface area contributed by atoms with Gasteiger partial charge in [0.25, 0.3) is 0 Å². The Balaban J connectivity index is 1.54. The van der Waals surface area contributed by atoms with Crippen molar-refractivity contribution in [1.82, 2.24) is 14.9 Å². The molecule has 0 amide bonds. The molecule has 0 aliphatic carbocycles. The molecule has 2 heterocycles. The molecule has 0 saturated carbocycles. The number of aromatic nitrogens is 2. The highest BCUT2D eigenvalue weighted by Crippen LogP contribution is 2.29. The number of piperidine rings is 1. The van der Waals surface area contributed by atoms with E-state index in [1.807, 2.05) is 24.4 Å².